The lowest BCUT2D eigenvalue weighted by molar-refractivity contribution is 0.0943. The van der Waals surface area contributed by atoms with E-state index in [4.69, 9.17) is 11.6 Å². The number of rotatable bonds is 3. The van der Waals surface area contributed by atoms with Gasteiger partial charge in [0.1, 0.15) is 0 Å². The summed E-state index contributed by atoms with van der Waals surface area (Å²) in [5, 5.41) is 4.22. The quantitative estimate of drug-likeness (QED) is 0.730. The molecule has 27 heavy (non-hydrogen) atoms. The smallest absolute Gasteiger partial charge is 0.252 e. The average Bonchev–Trinajstić information content (AvgIpc) is 2.99. The number of carbonyl (C=O) groups is 1. The van der Waals surface area contributed by atoms with Crippen LogP contribution in [0.2, 0.25) is 5.02 Å². The number of sulfone groups is 1. The largest absolute Gasteiger partial charge is 0.348 e. The van der Waals surface area contributed by atoms with Gasteiger partial charge in [-0.05, 0) is 30.7 Å². The number of para-hydroxylation sites is 1. The minimum atomic E-state index is -3.06. The molecule has 1 aliphatic rings. The van der Waals surface area contributed by atoms with Gasteiger partial charge in [0, 0.05) is 22.0 Å². The molecular weight excluding hydrogens is 384 g/mol. The minimum Gasteiger partial charge on any atom is -0.348 e. The Bertz CT molecular complexity index is 1130. The SMILES string of the molecule is O=C(N[C@@H]1CCS(=O)(=O)C1)c1cc(-c2ccc(Cl)cc2)nc2ccccc12. The highest BCUT2D eigenvalue weighted by atomic mass is 35.5. The molecule has 4 rings (SSSR count). The zero-order valence-electron chi connectivity index (χ0n) is 14.4. The molecule has 138 valence electrons. The number of aromatic nitrogens is 1. The fourth-order valence-corrected chi connectivity index (χ4v) is 5.10. The molecule has 2 aromatic carbocycles. The van der Waals surface area contributed by atoms with E-state index < -0.39 is 9.84 Å². The predicted molar refractivity (Wildman–Crippen MR) is 107 cm³/mol. The average molecular weight is 401 g/mol. The third kappa shape index (κ3) is 3.82. The number of hydrogen-bond acceptors (Lipinski definition) is 4. The zero-order valence-corrected chi connectivity index (χ0v) is 15.9. The number of halogens is 1. The van der Waals surface area contributed by atoms with Crippen LogP contribution < -0.4 is 5.32 Å². The van der Waals surface area contributed by atoms with Gasteiger partial charge in [-0.25, -0.2) is 13.4 Å². The van der Waals surface area contributed by atoms with Gasteiger partial charge in [-0.2, -0.15) is 0 Å². The molecule has 0 spiro atoms. The summed E-state index contributed by atoms with van der Waals surface area (Å²) >= 11 is 5.96. The third-order valence-corrected chi connectivity index (χ3v) is 6.69. The molecule has 0 saturated carbocycles. The first kappa shape index (κ1) is 17.9. The lowest BCUT2D eigenvalue weighted by Gasteiger charge is -2.14. The topological polar surface area (TPSA) is 76.1 Å². The molecule has 1 aromatic heterocycles. The van der Waals surface area contributed by atoms with E-state index in [1.54, 1.807) is 18.2 Å². The second kappa shape index (κ2) is 6.94. The van der Waals surface area contributed by atoms with Crippen molar-refractivity contribution in [3.05, 3.63) is 65.2 Å². The molecule has 2 heterocycles. The second-order valence-electron chi connectivity index (χ2n) is 6.65. The first-order valence-electron chi connectivity index (χ1n) is 8.58. The molecule has 0 aliphatic carbocycles. The van der Waals surface area contributed by atoms with Gasteiger partial charge in [0.2, 0.25) is 0 Å². The first-order valence-corrected chi connectivity index (χ1v) is 10.8. The number of nitrogens with one attached hydrogen (secondary N) is 1. The van der Waals surface area contributed by atoms with Crippen molar-refractivity contribution < 1.29 is 13.2 Å². The molecule has 5 nitrogen and oxygen atoms in total. The highest BCUT2D eigenvalue weighted by molar-refractivity contribution is 7.91. The van der Waals surface area contributed by atoms with Crippen LogP contribution >= 0.6 is 11.6 Å². The van der Waals surface area contributed by atoms with E-state index >= 15 is 0 Å². The molecule has 7 heteroatoms. The summed E-state index contributed by atoms with van der Waals surface area (Å²) < 4.78 is 23.3. The molecule has 1 amide bonds. The maximum atomic E-state index is 12.9. The first-order chi connectivity index (χ1) is 12.9. The number of benzene rings is 2. The highest BCUT2D eigenvalue weighted by Gasteiger charge is 2.29. The molecule has 1 aliphatic heterocycles. The van der Waals surface area contributed by atoms with E-state index in [1.807, 2.05) is 36.4 Å². The molecule has 1 atom stereocenters. The molecule has 1 fully saturated rings. The van der Waals surface area contributed by atoms with Crippen molar-refractivity contribution in [2.24, 2.45) is 0 Å². The molecule has 0 unspecified atom stereocenters. The number of nitrogens with zero attached hydrogens (tertiary/aromatic N) is 1. The van der Waals surface area contributed by atoms with E-state index in [0.29, 0.717) is 28.2 Å². The van der Waals surface area contributed by atoms with Crippen LogP contribution in [0.25, 0.3) is 22.2 Å². The van der Waals surface area contributed by atoms with Crippen molar-refractivity contribution in [2.75, 3.05) is 11.5 Å². The van der Waals surface area contributed by atoms with Gasteiger partial charge in [-0.15, -0.1) is 0 Å². The van der Waals surface area contributed by atoms with Gasteiger partial charge in [-0.3, -0.25) is 4.79 Å². The molecule has 0 radical (unpaired) electrons. The van der Waals surface area contributed by atoms with Crippen LogP contribution in [0.1, 0.15) is 16.8 Å². The van der Waals surface area contributed by atoms with E-state index in [9.17, 15) is 13.2 Å². The van der Waals surface area contributed by atoms with Crippen LogP contribution in [0.4, 0.5) is 0 Å². The monoisotopic (exact) mass is 400 g/mol. The number of fused-ring (bicyclic) bond motifs is 1. The molecule has 3 aromatic rings. The van der Waals surface area contributed by atoms with E-state index in [1.165, 1.54) is 0 Å². The summed E-state index contributed by atoms with van der Waals surface area (Å²) in [5.41, 5.74) is 2.70. The number of amides is 1. The van der Waals surface area contributed by atoms with Crippen LogP contribution in [0.15, 0.2) is 54.6 Å². The van der Waals surface area contributed by atoms with E-state index in [2.05, 4.69) is 10.3 Å². The fourth-order valence-electron chi connectivity index (χ4n) is 3.30. The van der Waals surface area contributed by atoms with Crippen molar-refractivity contribution in [2.45, 2.75) is 12.5 Å². The van der Waals surface area contributed by atoms with Gasteiger partial charge in [0.05, 0.1) is 28.3 Å². The van der Waals surface area contributed by atoms with Crippen LogP contribution in [0.3, 0.4) is 0 Å². The van der Waals surface area contributed by atoms with Crippen molar-refractivity contribution in [1.29, 1.82) is 0 Å². The Labute approximate surface area is 162 Å². The number of carbonyl (C=O) groups excluding carboxylic acids is 1. The van der Waals surface area contributed by atoms with Crippen molar-refractivity contribution in [1.82, 2.24) is 10.3 Å². The van der Waals surface area contributed by atoms with Gasteiger partial charge >= 0.3 is 0 Å². The summed E-state index contributed by atoms with van der Waals surface area (Å²) in [4.78, 5) is 17.6. The Morgan fingerprint density at radius 2 is 1.85 bits per heavy atom. The molecule has 1 saturated heterocycles. The Morgan fingerprint density at radius 1 is 1.11 bits per heavy atom. The lowest BCUT2D eigenvalue weighted by atomic mass is 10.0. The third-order valence-electron chi connectivity index (χ3n) is 4.67. The van der Waals surface area contributed by atoms with E-state index in [0.717, 1.165) is 10.9 Å². The molecule has 1 N–H and O–H groups in total. The lowest BCUT2D eigenvalue weighted by Crippen LogP contribution is -2.35. The Balaban J connectivity index is 1.74. The number of hydrogen-bond donors (Lipinski definition) is 1. The van der Waals surface area contributed by atoms with Crippen LogP contribution in [0.5, 0.6) is 0 Å². The van der Waals surface area contributed by atoms with Gasteiger partial charge in [-0.1, -0.05) is 41.9 Å². The van der Waals surface area contributed by atoms with Crippen LogP contribution in [-0.4, -0.2) is 36.9 Å². The van der Waals surface area contributed by atoms with Crippen molar-refractivity contribution >= 4 is 38.2 Å². The van der Waals surface area contributed by atoms with Gasteiger partial charge < -0.3 is 5.32 Å². The van der Waals surface area contributed by atoms with E-state index in [-0.39, 0.29) is 23.5 Å². The van der Waals surface area contributed by atoms with Crippen molar-refractivity contribution in [3.8, 4) is 11.3 Å². The minimum absolute atomic E-state index is 0.00814. The Morgan fingerprint density at radius 3 is 2.56 bits per heavy atom. The fraction of sp³-hybridized carbons (Fsp3) is 0.200. The normalized spacial score (nSPS) is 18.5. The predicted octanol–water partition coefficient (Wildman–Crippen LogP) is 3.47. The van der Waals surface area contributed by atoms with Crippen molar-refractivity contribution in [3.63, 3.8) is 0 Å². The van der Waals surface area contributed by atoms with Crippen LogP contribution in [0, 0.1) is 0 Å². The maximum Gasteiger partial charge on any atom is 0.252 e. The number of pyridine rings is 1. The summed E-state index contributed by atoms with van der Waals surface area (Å²) in [6.45, 7) is 0. The van der Waals surface area contributed by atoms with Gasteiger partial charge in [0.25, 0.3) is 5.91 Å². The summed E-state index contributed by atoms with van der Waals surface area (Å²) in [5.74, 6) is -0.178. The summed E-state index contributed by atoms with van der Waals surface area (Å²) in [7, 11) is -3.06. The van der Waals surface area contributed by atoms with Gasteiger partial charge in [0.15, 0.2) is 9.84 Å². The zero-order chi connectivity index (χ0) is 19.0. The second-order valence-corrected chi connectivity index (χ2v) is 9.32. The summed E-state index contributed by atoms with van der Waals surface area (Å²) in [6, 6.07) is 16.1. The Kier molecular flexibility index (Phi) is 4.61. The molecule has 0 bridgehead atoms. The molecular formula is C20H17ClN2O3S. The van der Waals surface area contributed by atoms with Crippen LogP contribution in [-0.2, 0) is 9.84 Å². The highest BCUT2D eigenvalue weighted by Crippen LogP contribution is 2.26. The standard InChI is InChI=1S/C20H17ClN2O3S/c21-14-7-5-13(6-8-14)19-11-17(16-3-1-2-4-18(16)23-19)20(24)22-15-9-10-27(25,26)12-15/h1-8,11,15H,9-10,12H2,(H,22,24)/t15-/m1/s1. The Hall–Kier alpha value is -2.44. The summed E-state index contributed by atoms with van der Waals surface area (Å²) in [6.07, 6.45) is 0.446. The maximum absolute atomic E-state index is 12.9.